The summed E-state index contributed by atoms with van der Waals surface area (Å²) in [6.45, 7) is 7.19. The fourth-order valence-electron chi connectivity index (χ4n) is 1.60. The van der Waals surface area contributed by atoms with E-state index in [2.05, 4.69) is 27.6 Å². The highest BCUT2D eigenvalue weighted by atomic mass is 15.3. The predicted molar refractivity (Wildman–Crippen MR) is 51.5 cm³/mol. The van der Waals surface area contributed by atoms with Gasteiger partial charge in [-0.25, -0.2) is 0 Å². The molecule has 0 aromatic carbocycles. The Labute approximate surface area is 71.3 Å². The first-order chi connectivity index (χ1) is 4.52. The van der Waals surface area contributed by atoms with Gasteiger partial charge in [0.05, 0.1) is 26.7 Å². The van der Waals surface area contributed by atoms with Crippen LogP contribution in [-0.2, 0) is 0 Å². The average molecular weight is 156 g/mol. The molecule has 1 heteroatoms. The van der Waals surface area contributed by atoms with Crippen LogP contribution in [0.3, 0.4) is 0 Å². The van der Waals surface area contributed by atoms with Crippen molar-refractivity contribution in [2.24, 2.45) is 0 Å². The van der Waals surface area contributed by atoms with Gasteiger partial charge in [-0.2, -0.15) is 0 Å². The van der Waals surface area contributed by atoms with E-state index in [1.165, 1.54) is 18.4 Å². The third kappa shape index (κ3) is 3.06. The lowest BCUT2D eigenvalue weighted by atomic mass is 10.3. The molecule has 1 aliphatic rings. The lowest BCUT2D eigenvalue weighted by Gasteiger charge is -2.29. The van der Waals surface area contributed by atoms with Crippen LogP contribution in [0.2, 0.25) is 0 Å². The molecule has 0 aliphatic heterocycles. The summed E-state index contributed by atoms with van der Waals surface area (Å²) in [7, 11) is 4.60. The molecule has 1 aliphatic carbocycles. The largest absolute Gasteiger partial charge is 0.323 e. The minimum atomic E-state index is 0. The highest BCUT2D eigenvalue weighted by molar-refractivity contribution is 4.89. The SMILES string of the molecule is C.C=C(C)C[N+](C)(C)C1CC1. The van der Waals surface area contributed by atoms with E-state index >= 15 is 0 Å². The van der Waals surface area contributed by atoms with Crippen molar-refractivity contribution in [1.82, 2.24) is 0 Å². The highest BCUT2D eigenvalue weighted by Crippen LogP contribution is 2.30. The molecule has 0 aromatic rings. The molecule has 66 valence electrons. The van der Waals surface area contributed by atoms with Gasteiger partial charge >= 0.3 is 0 Å². The Balaban J connectivity index is 0.000001000. The zero-order valence-corrected chi connectivity index (χ0v) is 7.35. The first kappa shape index (κ1) is 10.7. The Bertz CT molecular complexity index is 143. The highest BCUT2D eigenvalue weighted by Gasteiger charge is 2.37. The van der Waals surface area contributed by atoms with E-state index in [0.29, 0.717) is 0 Å². The van der Waals surface area contributed by atoms with Crippen LogP contribution in [0.15, 0.2) is 12.2 Å². The molecule has 0 radical (unpaired) electrons. The molecule has 11 heavy (non-hydrogen) atoms. The monoisotopic (exact) mass is 156 g/mol. The third-order valence-corrected chi connectivity index (χ3v) is 2.21. The number of likely N-dealkylation sites (N-methyl/N-ethyl adjacent to an activating group) is 1. The van der Waals surface area contributed by atoms with E-state index < -0.39 is 0 Å². The second-order valence-corrected chi connectivity index (χ2v) is 4.13. The van der Waals surface area contributed by atoms with E-state index in [9.17, 15) is 0 Å². The number of hydrogen-bond donors (Lipinski definition) is 0. The van der Waals surface area contributed by atoms with Crippen LogP contribution in [-0.4, -0.2) is 31.2 Å². The zero-order chi connectivity index (χ0) is 7.78. The van der Waals surface area contributed by atoms with Gasteiger partial charge in [-0.05, 0) is 12.5 Å². The standard InChI is InChI=1S/C9H18N.CH4/c1-8(2)7-10(3,4)9-5-6-9;/h9H,1,5-7H2,2-4H3;1H4/q+1;. The molecule has 1 saturated carbocycles. The van der Waals surface area contributed by atoms with E-state index in [1.807, 2.05) is 0 Å². The van der Waals surface area contributed by atoms with Crippen LogP contribution in [0.4, 0.5) is 0 Å². The van der Waals surface area contributed by atoms with Crippen LogP contribution in [0.1, 0.15) is 27.2 Å². The molecule has 0 unspecified atom stereocenters. The van der Waals surface area contributed by atoms with Gasteiger partial charge in [0.2, 0.25) is 0 Å². The van der Waals surface area contributed by atoms with Gasteiger partial charge < -0.3 is 4.48 Å². The van der Waals surface area contributed by atoms with E-state index in [0.717, 1.165) is 17.1 Å². The topological polar surface area (TPSA) is 0 Å². The molecule has 0 saturated heterocycles. The van der Waals surface area contributed by atoms with Gasteiger partial charge in [-0.3, -0.25) is 0 Å². The molecular formula is C10H22N+. The summed E-state index contributed by atoms with van der Waals surface area (Å²) >= 11 is 0. The second kappa shape index (κ2) is 3.40. The molecule has 1 fully saturated rings. The minimum absolute atomic E-state index is 0. The maximum absolute atomic E-state index is 3.93. The van der Waals surface area contributed by atoms with Gasteiger partial charge in [-0.15, -0.1) is 0 Å². The van der Waals surface area contributed by atoms with Crippen LogP contribution < -0.4 is 0 Å². The third-order valence-electron chi connectivity index (χ3n) is 2.21. The van der Waals surface area contributed by atoms with E-state index in [1.54, 1.807) is 0 Å². The van der Waals surface area contributed by atoms with E-state index in [-0.39, 0.29) is 7.43 Å². The van der Waals surface area contributed by atoms with Crippen molar-refractivity contribution in [3.63, 3.8) is 0 Å². The Morgan fingerprint density at radius 3 is 2.18 bits per heavy atom. The summed E-state index contributed by atoms with van der Waals surface area (Å²) in [5.41, 5.74) is 1.30. The molecule has 0 spiro atoms. The molecule has 0 bridgehead atoms. The molecule has 0 N–H and O–H groups in total. The summed E-state index contributed by atoms with van der Waals surface area (Å²) in [5, 5.41) is 0. The van der Waals surface area contributed by atoms with Crippen LogP contribution in [0.25, 0.3) is 0 Å². The number of rotatable bonds is 3. The van der Waals surface area contributed by atoms with E-state index in [4.69, 9.17) is 0 Å². The number of hydrogen-bond acceptors (Lipinski definition) is 0. The smallest absolute Gasteiger partial charge is 0.0995 e. The summed E-state index contributed by atoms with van der Waals surface area (Å²) in [5.74, 6) is 0. The van der Waals surface area contributed by atoms with Crippen molar-refractivity contribution in [3.05, 3.63) is 12.2 Å². The Hall–Kier alpha value is -0.300. The van der Waals surface area contributed by atoms with Crippen molar-refractivity contribution >= 4 is 0 Å². The summed E-state index contributed by atoms with van der Waals surface area (Å²) in [6.07, 6.45) is 2.83. The first-order valence-electron chi connectivity index (χ1n) is 3.99. The predicted octanol–water partition coefficient (Wildman–Crippen LogP) is 2.44. The van der Waals surface area contributed by atoms with Crippen molar-refractivity contribution < 1.29 is 4.48 Å². The lowest BCUT2D eigenvalue weighted by Crippen LogP contribution is -2.42. The molecule has 0 heterocycles. The molecule has 0 amide bonds. The fourth-order valence-corrected chi connectivity index (χ4v) is 1.60. The lowest BCUT2D eigenvalue weighted by molar-refractivity contribution is -0.896. The Kier molecular flexibility index (Phi) is 3.30. The summed E-state index contributed by atoms with van der Waals surface area (Å²) < 4.78 is 1.15. The average Bonchev–Trinajstić information content (AvgIpc) is 2.35. The molecule has 1 rings (SSSR count). The van der Waals surface area contributed by atoms with Crippen LogP contribution in [0, 0.1) is 0 Å². The summed E-state index contributed by atoms with van der Waals surface area (Å²) in [6, 6.07) is 0.927. The molecule has 1 nitrogen and oxygen atoms in total. The van der Waals surface area contributed by atoms with Crippen molar-refractivity contribution in [1.29, 1.82) is 0 Å². The molecule has 0 aromatic heterocycles. The van der Waals surface area contributed by atoms with Crippen molar-refractivity contribution in [2.45, 2.75) is 33.2 Å². The Morgan fingerprint density at radius 2 is 1.91 bits per heavy atom. The zero-order valence-electron chi connectivity index (χ0n) is 7.35. The van der Waals surface area contributed by atoms with Crippen LogP contribution >= 0.6 is 0 Å². The Morgan fingerprint density at radius 1 is 1.45 bits per heavy atom. The number of nitrogens with zero attached hydrogens (tertiary/aromatic N) is 1. The van der Waals surface area contributed by atoms with Crippen LogP contribution in [0.5, 0.6) is 0 Å². The first-order valence-corrected chi connectivity index (χ1v) is 3.99. The quantitative estimate of drug-likeness (QED) is 0.435. The molecular weight excluding hydrogens is 134 g/mol. The van der Waals surface area contributed by atoms with Gasteiger partial charge in [0, 0.05) is 12.8 Å². The maximum Gasteiger partial charge on any atom is 0.0995 e. The molecule has 0 atom stereocenters. The maximum atomic E-state index is 3.93. The van der Waals surface area contributed by atoms with Crippen molar-refractivity contribution in [2.75, 3.05) is 20.6 Å². The van der Waals surface area contributed by atoms with Gasteiger partial charge in [0.25, 0.3) is 0 Å². The summed E-state index contributed by atoms with van der Waals surface area (Å²) in [4.78, 5) is 0. The second-order valence-electron chi connectivity index (χ2n) is 4.13. The number of quaternary nitrogens is 1. The van der Waals surface area contributed by atoms with Gasteiger partial charge in [0.15, 0.2) is 0 Å². The van der Waals surface area contributed by atoms with Crippen molar-refractivity contribution in [3.8, 4) is 0 Å². The normalized spacial score (nSPS) is 17.4. The fraction of sp³-hybridized carbons (Fsp3) is 0.800. The van der Waals surface area contributed by atoms with Gasteiger partial charge in [0.1, 0.15) is 0 Å². The van der Waals surface area contributed by atoms with Gasteiger partial charge in [-0.1, -0.05) is 14.0 Å². The minimum Gasteiger partial charge on any atom is -0.323 e.